The number of hydrogen-bond donors (Lipinski definition) is 1. The normalized spacial score (nSPS) is 12.4. The number of methoxy groups -OCH3 is 1. The van der Waals surface area contributed by atoms with Gasteiger partial charge in [0.05, 0.1) is 19.6 Å². The molecule has 0 radical (unpaired) electrons. The molecule has 1 unspecified atom stereocenters. The first-order chi connectivity index (χ1) is 8.74. The van der Waals surface area contributed by atoms with E-state index >= 15 is 0 Å². The van der Waals surface area contributed by atoms with Gasteiger partial charge in [-0.1, -0.05) is 6.07 Å². The summed E-state index contributed by atoms with van der Waals surface area (Å²) in [7, 11) is 3.33. The molecule has 4 heteroatoms. The first-order valence-corrected chi connectivity index (χ1v) is 5.76. The average molecular weight is 249 g/mol. The third-order valence-corrected chi connectivity index (χ3v) is 2.95. The summed E-state index contributed by atoms with van der Waals surface area (Å²) >= 11 is 0. The van der Waals surface area contributed by atoms with E-state index in [0.29, 0.717) is 6.42 Å². The fraction of sp³-hybridized carbons (Fsp3) is 0.286. The number of benzene rings is 1. The van der Waals surface area contributed by atoms with Crippen LogP contribution in [0, 0.1) is 5.82 Å². The molecule has 0 fully saturated rings. The third-order valence-electron chi connectivity index (χ3n) is 2.95. The minimum absolute atomic E-state index is 0.108. The van der Waals surface area contributed by atoms with Crippen molar-refractivity contribution in [2.45, 2.75) is 12.5 Å². The lowest BCUT2D eigenvalue weighted by Gasteiger charge is -2.14. The van der Waals surface area contributed by atoms with Crippen molar-refractivity contribution in [3.63, 3.8) is 0 Å². The van der Waals surface area contributed by atoms with Gasteiger partial charge in [-0.2, -0.15) is 0 Å². The number of hydrogen-bond acceptors (Lipinski definition) is 3. The van der Waals surface area contributed by atoms with Gasteiger partial charge in [-0.25, -0.2) is 4.39 Å². The summed E-state index contributed by atoms with van der Waals surface area (Å²) in [5.74, 6) is -0.0693. The molecule has 0 aliphatic heterocycles. The van der Waals surface area contributed by atoms with E-state index in [2.05, 4.69) is 5.32 Å². The molecule has 96 valence electrons. The molecule has 0 aliphatic carbocycles. The molecular formula is C14H16FNO2. The number of nitrogens with one attached hydrogen (secondary N) is 1. The summed E-state index contributed by atoms with van der Waals surface area (Å²) in [6, 6.07) is 7.03. The largest absolute Gasteiger partial charge is 0.494 e. The van der Waals surface area contributed by atoms with Gasteiger partial charge in [-0.3, -0.25) is 0 Å². The first kappa shape index (κ1) is 12.6. The molecule has 0 spiro atoms. The van der Waals surface area contributed by atoms with Gasteiger partial charge in [0.15, 0.2) is 11.6 Å². The number of rotatable bonds is 5. The van der Waals surface area contributed by atoms with Crippen LogP contribution in [0.5, 0.6) is 5.75 Å². The van der Waals surface area contributed by atoms with Crippen molar-refractivity contribution in [3.8, 4) is 5.75 Å². The van der Waals surface area contributed by atoms with E-state index in [0.717, 1.165) is 11.1 Å². The Bertz CT molecular complexity index is 497. The Balaban J connectivity index is 2.15. The maximum Gasteiger partial charge on any atom is 0.165 e. The van der Waals surface area contributed by atoms with Crippen molar-refractivity contribution in [2.75, 3.05) is 14.2 Å². The van der Waals surface area contributed by atoms with E-state index < -0.39 is 0 Å². The number of furan rings is 1. The minimum Gasteiger partial charge on any atom is -0.494 e. The lowest BCUT2D eigenvalue weighted by molar-refractivity contribution is 0.386. The molecule has 1 heterocycles. The highest BCUT2D eigenvalue weighted by Gasteiger charge is 2.12. The lowest BCUT2D eigenvalue weighted by Crippen LogP contribution is -2.18. The molecule has 0 saturated heterocycles. The molecule has 2 rings (SSSR count). The Morgan fingerprint density at radius 3 is 2.78 bits per heavy atom. The standard InChI is InChI=1S/C14H16FNO2/c1-16-13(11-5-6-18-9-11)8-10-3-4-14(17-2)12(15)7-10/h3-7,9,13,16H,8H2,1-2H3. The summed E-state index contributed by atoms with van der Waals surface area (Å²) in [5, 5.41) is 3.19. The van der Waals surface area contributed by atoms with E-state index in [9.17, 15) is 4.39 Å². The van der Waals surface area contributed by atoms with Crippen LogP contribution in [0.4, 0.5) is 4.39 Å². The van der Waals surface area contributed by atoms with Crippen LogP contribution in [0.15, 0.2) is 41.2 Å². The summed E-state index contributed by atoms with van der Waals surface area (Å²) < 4.78 is 23.5. The molecule has 18 heavy (non-hydrogen) atoms. The molecule has 3 nitrogen and oxygen atoms in total. The molecule has 1 atom stereocenters. The third kappa shape index (κ3) is 2.71. The second-order valence-corrected chi connectivity index (χ2v) is 4.07. The summed E-state index contributed by atoms with van der Waals surface area (Å²) in [4.78, 5) is 0. The summed E-state index contributed by atoms with van der Waals surface area (Å²) in [5.41, 5.74) is 1.96. The summed E-state index contributed by atoms with van der Waals surface area (Å²) in [6.07, 6.45) is 4.02. The van der Waals surface area contributed by atoms with Crippen molar-refractivity contribution in [1.29, 1.82) is 0 Å². The average Bonchev–Trinajstić information content (AvgIpc) is 2.90. The van der Waals surface area contributed by atoms with E-state index in [1.165, 1.54) is 13.2 Å². The van der Waals surface area contributed by atoms with Crippen LogP contribution in [0.3, 0.4) is 0 Å². The maximum absolute atomic E-state index is 13.6. The van der Waals surface area contributed by atoms with E-state index in [1.54, 1.807) is 18.6 Å². The van der Waals surface area contributed by atoms with Gasteiger partial charge in [-0.05, 0) is 37.2 Å². The second kappa shape index (κ2) is 5.69. The van der Waals surface area contributed by atoms with Gasteiger partial charge in [0.2, 0.25) is 0 Å². The Labute approximate surface area is 106 Å². The van der Waals surface area contributed by atoms with Crippen LogP contribution in [0.1, 0.15) is 17.2 Å². The fourth-order valence-corrected chi connectivity index (χ4v) is 1.93. The molecule has 0 amide bonds. The van der Waals surface area contributed by atoms with E-state index in [4.69, 9.17) is 9.15 Å². The molecule has 1 aromatic carbocycles. The Kier molecular flexibility index (Phi) is 3.99. The van der Waals surface area contributed by atoms with Crippen LogP contribution < -0.4 is 10.1 Å². The SMILES string of the molecule is CNC(Cc1ccc(OC)c(F)c1)c1ccoc1. The highest BCUT2D eigenvalue weighted by atomic mass is 19.1. The topological polar surface area (TPSA) is 34.4 Å². The van der Waals surface area contributed by atoms with Gasteiger partial charge in [0.1, 0.15) is 0 Å². The molecule has 1 N–H and O–H groups in total. The van der Waals surface area contributed by atoms with Crippen LogP contribution in [-0.2, 0) is 6.42 Å². The van der Waals surface area contributed by atoms with Gasteiger partial charge >= 0.3 is 0 Å². The number of likely N-dealkylation sites (N-methyl/N-ethyl adjacent to an activating group) is 1. The monoisotopic (exact) mass is 249 g/mol. The van der Waals surface area contributed by atoms with E-state index in [1.807, 2.05) is 19.2 Å². The molecule has 0 bridgehead atoms. The number of halogens is 1. The Hall–Kier alpha value is -1.81. The zero-order valence-electron chi connectivity index (χ0n) is 10.4. The minimum atomic E-state index is -0.336. The van der Waals surface area contributed by atoms with Crippen molar-refractivity contribution >= 4 is 0 Å². The van der Waals surface area contributed by atoms with Crippen molar-refractivity contribution in [2.24, 2.45) is 0 Å². The van der Waals surface area contributed by atoms with E-state index in [-0.39, 0.29) is 17.6 Å². The van der Waals surface area contributed by atoms with Gasteiger partial charge < -0.3 is 14.5 Å². The maximum atomic E-state index is 13.6. The zero-order chi connectivity index (χ0) is 13.0. The molecule has 1 aromatic heterocycles. The molecule has 0 aliphatic rings. The zero-order valence-corrected chi connectivity index (χ0v) is 10.4. The van der Waals surface area contributed by atoms with Gasteiger partial charge in [0.25, 0.3) is 0 Å². The number of ether oxygens (including phenoxy) is 1. The van der Waals surface area contributed by atoms with Crippen molar-refractivity contribution < 1.29 is 13.5 Å². The second-order valence-electron chi connectivity index (χ2n) is 4.07. The molecule has 0 saturated carbocycles. The lowest BCUT2D eigenvalue weighted by atomic mass is 10.0. The van der Waals surface area contributed by atoms with Crippen molar-refractivity contribution in [1.82, 2.24) is 5.32 Å². The van der Waals surface area contributed by atoms with Crippen LogP contribution in [-0.4, -0.2) is 14.2 Å². The van der Waals surface area contributed by atoms with Crippen LogP contribution >= 0.6 is 0 Å². The molecule has 2 aromatic rings. The Morgan fingerprint density at radius 1 is 1.39 bits per heavy atom. The predicted molar refractivity (Wildman–Crippen MR) is 67.2 cm³/mol. The highest BCUT2D eigenvalue weighted by Crippen LogP contribution is 2.22. The molecular weight excluding hydrogens is 233 g/mol. The van der Waals surface area contributed by atoms with Crippen LogP contribution in [0.2, 0.25) is 0 Å². The van der Waals surface area contributed by atoms with Crippen LogP contribution in [0.25, 0.3) is 0 Å². The van der Waals surface area contributed by atoms with Gasteiger partial charge in [0, 0.05) is 11.6 Å². The Morgan fingerprint density at radius 2 is 2.22 bits per heavy atom. The van der Waals surface area contributed by atoms with Gasteiger partial charge in [-0.15, -0.1) is 0 Å². The highest BCUT2D eigenvalue weighted by molar-refractivity contribution is 5.30. The summed E-state index contributed by atoms with van der Waals surface area (Å²) in [6.45, 7) is 0. The fourth-order valence-electron chi connectivity index (χ4n) is 1.93. The van der Waals surface area contributed by atoms with Crippen molar-refractivity contribution in [3.05, 3.63) is 53.7 Å². The quantitative estimate of drug-likeness (QED) is 0.884. The smallest absolute Gasteiger partial charge is 0.165 e. The predicted octanol–water partition coefficient (Wildman–Crippen LogP) is 2.93. The first-order valence-electron chi connectivity index (χ1n) is 5.76.